The van der Waals surface area contributed by atoms with Crippen molar-refractivity contribution in [3.8, 4) is 0 Å². The number of carbonyl (C=O) groups excluding carboxylic acids is 2. The highest BCUT2D eigenvalue weighted by Gasteiger charge is 2.58. The molecule has 5 atom stereocenters. The van der Waals surface area contributed by atoms with E-state index in [2.05, 4.69) is 34.7 Å². The molecule has 5 N–H and O–H groups in total. The van der Waals surface area contributed by atoms with E-state index in [0.717, 1.165) is 117 Å². The molecule has 0 radical (unpaired) electrons. The molecule has 3 heterocycles. The number of carbonyl (C=O) groups is 4. The van der Waals surface area contributed by atoms with E-state index in [1.165, 1.54) is 38.5 Å². The molecule has 6 saturated carbocycles. The lowest BCUT2D eigenvalue weighted by molar-refractivity contribution is -0.165. The van der Waals surface area contributed by atoms with Crippen LogP contribution in [0.1, 0.15) is 144 Å². The topological polar surface area (TPSA) is 177 Å². The summed E-state index contributed by atoms with van der Waals surface area (Å²) < 4.78 is 0. The Bertz CT molecular complexity index is 1850. The predicted molar refractivity (Wildman–Crippen MR) is 247 cm³/mol. The molecule has 15 heteroatoms. The summed E-state index contributed by atoms with van der Waals surface area (Å²) in [5.41, 5.74) is 0.854. The van der Waals surface area contributed by atoms with Crippen LogP contribution in [0.25, 0.3) is 0 Å². The number of piperazine rings is 1. The number of hydrogen-bond donors (Lipinski definition) is 5. The van der Waals surface area contributed by atoms with Gasteiger partial charge in [-0.3, -0.25) is 24.1 Å². The number of carboxylic acid groups (broad SMARTS) is 2. The number of nitrogens with zero attached hydrogens (tertiary/aromatic N) is 4. The zero-order chi connectivity index (χ0) is 43.6. The lowest BCUT2D eigenvalue weighted by Crippen LogP contribution is -2.58. The van der Waals surface area contributed by atoms with Crippen LogP contribution in [-0.4, -0.2) is 111 Å². The van der Waals surface area contributed by atoms with Crippen molar-refractivity contribution in [3.63, 3.8) is 0 Å². The molecule has 62 heavy (non-hydrogen) atoms. The molecule has 2 aromatic heterocycles. The van der Waals surface area contributed by atoms with Crippen LogP contribution in [0.5, 0.6) is 0 Å². The Morgan fingerprint density at radius 2 is 1.24 bits per heavy atom. The fourth-order valence-corrected chi connectivity index (χ4v) is 12.9. The molecular formula is C47H69N7O6S2. The summed E-state index contributed by atoms with van der Waals surface area (Å²) in [5.74, 6) is 3.50. The number of anilines is 2. The van der Waals surface area contributed by atoms with Crippen molar-refractivity contribution in [2.75, 3.05) is 54.4 Å². The molecule has 3 unspecified atom stereocenters. The van der Waals surface area contributed by atoms with Crippen LogP contribution in [0.2, 0.25) is 0 Å². The fourth-order valence-electron chi connectivity index (χ4n) is 11.1. The number of nitrogens with one attached hydrogen (secondary N) is 3. The molecule has 13 nitrogen and oxygen atoms in total. The van der Waals surface area contributed by atoms with Gasteiger partial charge in [0.15, 0.2) is 0 Å². The lowest BCUT2D eigenvalue weighted by Gasteiger charge is -2.58. The van der Waals surface area contributed by atoms with Crippen LogP contribution < -0.4 is 20.9 Å². The Hall–Kier alpha value is -3.56. The SMILES string of the molecule is CCCSc1nc(N2CCN(CC(=O)O)CC2)ccc1C(=O)NC1CCCCC1.CCCSc1nc(NC2[C@@H]3CC4C[C@H]2CC(C(=O)O)(C4)C3)ccc1C(=O)NC1CCCCC1. The van der Waals surface area contributed by atoms with Crippen molar-refractivity contribution >= 4 is 58.9 Å². The third-order valence-corrected chi connectivity index (χ3v) is 16.5. The molecular weight excluding hydrogens is 823 g/mol. The molecule has 7 aliphatic rings. The highest BCUT2D eigenvalue weighted by atomic mass is 32.2. The van der Waals surface area contributed by atoms with Crippen LogP contribution in [0.3, 0.4) is 0 Å². The number of rotatable bonds is 16. The third kappa shape index (κ3) is 11.8. The first kappa shape index (κ1) is 46.4. The number of pyridine rings is 2. The second-order valence-electron chi connectivity index (χ2n) is 18.8. The highest BCUT2D eigenvalue weighted by molar-refractivity contribution is 7.99. The van der Waals surface area contributed by atoms with Crippen molar-refractivity contribution in [2.45, 2.75) is 151 Å². The summed E-state index contributed by atoms with van der Waals surface area (Å²) in [7, 11) is 0. The summed E-state index contributed by atoms with van der Waals surface area (Å²) in [6, 6.07) is 8.56. The second-order valence-corrected chi connectivity index (χ2v) is 20.9. The van der Waals surface area contributed by atoms with Crippen molar-refractivity contribution in [1.82, 2.24) is 25.5 Å². The molecule has 1 aliphatic heterocycles. The lowest BCUT2D eigenvalue weighted by atomic mass is 9.48. The standard InChI is InChI=1S/C26H37N3O3S.C21H32N4O3S/c1-2-10-33-24-20(23(30)27-19-6-4-3-5-7-19)8-9-21(29-24)28-22-17-11-16-12-18(22)15-26(13-16,14-17)25(31)32;1-2-14-29-21-17(20(28)22-16-6-4-3-5-7-16)8-9-18(23-21)25-12-10-24(11-13-25)15-19(26)27/h8-9,16-19,22H,2-7,10-15H2,1H3,(H,27,30)(H,28,29)(H,31,32);8-9,16H,2-7,10-15H2,1H3,(H,22,28)(H,26,27)/t16?,17-,18+,22?,26?;. The second kappa shape index (κ2) is 21.9. The number of amides is 2. The number of aromatic nitrogens is 2. The maximum Gasteiger partial charge on any atom is 0.317 e. The molecule has 7 fully saturated rings. The van der Waals surface area contributed by atoms with Crippen LogP contribution in [0, 0.1) is 23.2 Å². The van der Waals surface area contributed by atoms with Crippen LogP contribution >= 0.6 is 23.5 Å². The minimum atomic E-state index is -0.789. The maximum absolute atomic E-state index is 13.1. The zero-order valence-electron chi connectivity index (χ0n) is 36.9. The maximum atomic E-state index is 13.1. The van der Waals surface area contributed by atoms with E-state index in [-0.39, 0.29) is 36.5 Å². The van der Waals surface area contributed by atoms with Crippen molar-refractivity contribution in [1.29, 1.82) is 0 Å². The van der Waals surface area contributed by atoms with Crippen LogP contribution in [0.4, 0.5) is 11.6 Å². The number of aliphatic carboxylic acids is 2. The molecule has 2 aromatic rings. The van der Waals surface area contributed by atoms with E-state index < -0.39 is 17.4 Å². The molecule has 0 aromatic carbocycles. The molecule has 4 bridgehead atoms. The van der Waals surface area contributed by atoms with Crippen molar-refractivity contribution in [3.05, 3.63) is 35.4 Å². The average molecular weight is 892 g/mol. The first-order valence-corrected chi connectivity index (χ1v) is 25.6. The van der Waals surface area contributed by atoms with E-state index >= 15 is 0 Å². The Morgan fingerprint density at radius 3 is 1.76 bits per heavy atom. The normalized spacial score (nSPS) is 26.3. The largest absolute Gasteiger partial charge is 0.481 e. The summed E-state index contributed by atoms with van der Waals surface area (Å²) in [5, 5.41) is 30.6. The number of carboxylic acids is 2. The predicted octanol–water partition coefficient (Wildman–Crippen LogP) is 8.19. The Labute approximate surface area is 376 Å². The Morgan fingerprint density at radius 1 is 0.710 bits per heavy atom. The molecule has 2 amide bonds. The highest BCUT2D eigenvalue weighted by Crippen LogP contribution is 2.60. The molecule has 6 aliphatic carbocycles. The van der Waals surface area contributed by atoms with Crippen LogP contribution in [-0.2, 0) is 9.59 Å². The third-order valence-electron chi connectivity index (χ3n) is 14.1. The Kier molecular flexibility index (Phi) is 16.4. The van der Waals surface area contributed by atoms with Gasteiger partial charge in [-0.1, -0.05) is 52.4 Å². The molecule has 340 valence electrons. The van der Waals surface area contributed by atoms with Gasteiger partial charge < -0.3 is 31.1 Å². The summed E-state index contributed by atoms with van der Waals surface area (Å²) in [4.78, 5) is 62.7. The van der Waals surface area contributed by atoms with Gasteiger partial charge in [0, 0.05) is 44.3 Å². The van der Waals surface area contributed by atoms with Gasteiger partial charge in [0.2, 0.25) is 0 Å². The Balaban J connectivity index is 0.000000188. The number of hydrogen-bond acceptors (Lipinski definition) is 11. The first-order valence-electron chi connectivity index (χ1n) is 23.6. The summed E-state index contributed by atoms with van der Waals surface area (Å²) in [6.45, 7) is 7.24. The summed E-state index contributed by atoms with van der Waals surface area (Å²) >= 11 is 3.29. The first-order chi connectivity index (χ1) is 30.0. The van der Waals surface area contributed by atoms with E-state index in [4.69, 9.17) is 15.1 Å². The molecule has 9 rings (SSSR count). The molecule has 0 spiro atoms. The van der Waals surface area contributed by atoms with Gasteiger partial charge in [0.05, 0.1) is 23.1 Å². The fraction of sp³-hybridized carbons (Fsp3) is 0.702. The number of thioether (sulfide) groups is 2. The molecule has 1 saturated heterocycles. The van der Waals surface area contributed by atoms with E-state index in [9.17, 15) is 24.3 Å². The van der Waals surface area contributed by atoms with E-state index in [1.807, 2.05) is 29.2 Å². The van der Waals surface area contributed by atoms with Crippen molar-refractivity contribution in [2.24, 2.45) is 23.2 Å². The van der Waals surface area contributed by atoms with Crippen LogP contribution in [0.15, 0.2) is 34.3 Å². The van der Waals surface area contributed by atoms with Gasteiger partial charge in [-0.2, -0.15) is 0 Å². The minimum Gasteiger partial charge on any atom is -0.481 e. The van der Waals surface area contributed by atoms with Gasteiger partial charge in [-0.15, -0.1) is 23.5 Å². The van der Waals surface area contributed by atoms with Gasteiger partial charge >= 0.3 is 11.9 Å². The van der Waals surface area contributed by atoms with Gasteiger partial charge in [-0.25, -0.2) is 9.97 Å². The quantitative estimate of drug-likeness (QED) is 0.102. The van der Waals surface area contributed by atoms with E-state index in [0.29, 0.717) is 42.0 Å². The smallest absolute Gasteiger partial charge is 0.317 e. The zero-order valence-corrected chi connectivity index (χ0v) is 38.5. The average Bonchev–Trinajstić information content (AvgIpc) is 3.27. The van der Waals surface area contributed by atoms with Gasteiger partial charge in [0.1, 0.15) is 21.7 Å². The van der Waals surface area contributed by atoms with E-state index in [1.54, 1.807) is 23.5 Å². The minimum absolute atomic E-state index is 0.00224. The monoisotopic (exact) mass is 891 g/mol. The van der Waals surface area contributed by atoms with Gasteiger partial charge in [-0.05, 0) is 124 Å². The van der Waals surface area contributed by atoms with Crippen molar-refractivity contribution < 1.29 is 29.4 Å². The summed E-state index contributed by atoms with van der Waals surface area (Å²) in [6.07, 6.45) is 18.3. The van der Waals surface area contributed by atoms with Gasteiger partial charge in [0.25, 0.3) is 11.8 Å².